The number of aromatic amines is 1. The number of rotatable bonds is 4. The monoisotopic (exact) mass is 433 g/mol. The summed E-state index contributed by atoms with van der Waals surface area (Å²) in [4.78, 5) is 29.4. The Bertz CT molecular complexity index is 1260. The molecule has 160 valence electrons. The highest BCUT2D eigenvalue weighted by Gasteiger charge is 2.39. The summed E-state index contributed by atoms with van der Waals surface area (Å²) in [7, 11) is 1.44. The number of nitrogens with zero attached hydrogens (tertiary/aromatic N) is 1. The number of aromatic nitrogens is 2. The van der Waals surface area contributed by atoms with Crippen LogP contribution in [-0.2, 0) is 17.6 Å². The van der Waals surface area contributed by atoms with Crippen molar-refractivity contribution >= 4 is 22.8 Å². The second-order valence-corrected chi connectivity index (χ2v) is 9.54. The second kappa shape index (κ2) is 7.09. The molecular weight excluding hydrogens is 409 g/mol. The van der Waals surface area contributed by atoms with Crippen LogP contribution >= 0.6 is 11.3 Å². The van der Waals surface area contributed by atoms with Crippen LogP contribution < -0.4 is 27.6 Å². The van der Waals surface area contributed by atoms with Crippen LogP contribution in [0.1, 0.15) is 46.5 Å². The first-order chi connectivity index (χ1) is 14.4. The van der Waals surface area contributed by atoms with E-state index in [4.69, 9.17) is 10.5 Å². The van der Waals surface area contributed by atoms with E-state index in [0.29, 0.717) is 5.35 Å². The third-order valence-electron chi connectivity index (χ3n) is 6.44. The Hall–Kier alpha value is -2.39. The van der Waals surface area contributed by atoms with Gasteiger partial charge in [-0.15, -0.1) is 11.3 Å². The van der Waals surface area contributed by atoms with E-state index in [2.05, 4.69) is 4.98 Å². The SMILES string of the molecule is COC1=c2c(c(=O)[nH]c(=O)n2C2CC2)=C(N)C(F)C1c1cc2c(s1)CCC(CO)C2. The highest BCUT2D eigenvalue weighted by molar-refractivity contribution is 7.12. The number of ether oxygens (including phenoxy) is 1. The van der Waals surface area contributed by atoms with Crippen LogP contribution in [-0.4, -0.2) is 34.5 Å². The summed E-state index contributed by atoms with van der Waals surface area (Å²) in [5, 5.41) is 9.83. The lowest BCUT2D eigenvalue weighted by atomic mass is 9.87. The van der Waals surface area contributed by atoms with Crippen LogP contribution in [0.25, 0.3) is 11.5 Å². The van der Waals surface area contributed by atoms with Gasteiger partial charge in [0.15, 0.2) is 6.17 Å². The van der Waals surface area contributed by atoms with Crippen molar-refractivity contribution in [1.29, 1.82) is 0 Å². The van der Waals surface area contributed by atoms with Gasteiger partial charge in [0, 0.05) is 22.4 Å². The summed E-state index contributed by atoms with van der Waals surface area (Å²) in [5.41, 5.74) is 5.91. The number of aryl methyl sites for hydroxylation is 1. The Balaban J connectivity index is 1.77. The van der Waals surface area contributed by atoms with Gasteiger partial charge in [0.1, 0.15) is 5.76 Å². The van der Waals surface area contributed by atoms with Gasteiger partial charge < -0.3 is 15.6 Å². The van der Waals surface area contributed by atoms with Crippen LogP contribution in [0.3, 0.4) is 0 Å². The maximum absolute atomic E-state index is 15.6. The van der Waals surface area contributed by atoms with Crippen molar-refractivity contribution in [2.45, 2.75) is 50.2 Å². The first-order valence-corrected chi connectivity index (χ1v) is 11.0. The number of aliphatic hydroxyl groups excluding tert-OH is 1. The lowest BCUT2D eigenvalue weighted by Crippen LogP contribution is -2.60. The van der Waals surface area contributed by atoms with Gasteiger partial charge in [0.05, 0.1) is 29.3 Å². The molecule has 0 amide bonds. The highest BCUT2D eigenvalue weighted by atomic mass is 32.1. The number of nitrogens with two attached hydrogens (primary N) is 1. The van der Waals surface area contributed by atoms with Crippen LogP contribution in [0.15, 0.2) is 15.7 Å². The van der Waals surface area contributed by atoms with Gasteiger partial charge in [-0.1, -0.05) is 0 Å². The standard InChI is InChI=1S/C21H24FN3O4S/c1-29-19-14(13-7-10-6-9(8-26)2-5-12(10)30-13)16(22)17(23)15-18(19)25(11-3-4-11)21(28)24-20(15)27/h7,9,11,14,16,26H,2-6,8,23H2,1H3,(H,24,27,28). The molecule has 3 unspecified atom stereocenters. The number of aliphatic hydroxyl groups is 1. The number of thiophene rings is 1. The number of hydrogen-bond acceptors (Lipinski definition) is 6. The molecule has 0 aliphatic heterocycles. The van der Waals surface area contributed by atoms with Gasteiger partial charge in [-0.2, -0.15) is 0 Å². The van der Waals surface area contributed by atoms with Crippen LogP contribution in [0, 0.1) is 5.92 Å². The van der Waals surface area contributed by atoms with Gasteiger partial charge in [-0.25, -0.2) is 9.18 Å². The molecule has 30 heavy (non-hydrogen) atoms. The molecule has 1 fully saturated rings. The molecule has 7 nitrogen and oxygen atoms in total. The fourth-order valence-corrected chi connectivity index (χ4v) is 6.10. The lowest BCUT2D eigenvalue weighted by molar-refractivity contribution is 0.214. The van der Waals surface area contributed by atoms with Gasteiger partial charge in [-0.3, -0.25) is 14.3 Å². The summed E-state index contributed by atoms with van der Waals surface area (Å²) >= 11 is 1.53. The number of nitrogens with one attached hydrogen (secondary N) is 1. The molecule has 0 spiro atoms. The number of methoxy groups -OCH3 is 1. The van der Waals surface area contributed by atoms with Crippen LogP contribution in [0.5, 0.6) is 0 Å². The van der Waals surface area contributed by atoms with E-state index in [1.807, 2.05) is 6.07 Å². The highest BCUT2D eigenvalue weighted by Crippen LogP contribution is 2.42. The third kappa shape index (κ3) is 2.86. The van der Waals surface area contributed by atoms with E-state index >= 15 is 4.39 Å². The predicted molar refractivity (Wildman–Crippen MR) is 111 cm³/mol. The molecule has 5 rings (SSSR count). The molecule has 3 aliphatic rings. The molecule has 4 N–H and O–H groups in total. The molecule has 9 heteroatoms. The Labute approximate surface area is 175 Å². The predicted octanol–water partition coefficient (Wildman–Crippen LogP) is -0.0128. The van der Waals surface area contributed by atoms with Crippen molar-refractivity contribution in [2.75, 3.05) is 13.7 Å². The van der Waals surface area contributed by atoms with Crippen LogP contribution in [0.4, 0.5) is 4.39 Å². The molecule has 0 radical (unpaired) electrons. The van der Waals surface area contributed by atoms with Crippen molar-refractivity contribution in [1.82, 2.24) is 9.55 Å². The maximum atomic E-state index is 15.6. The van der Waals surface area contributed by atoms with Crippen molar-refractivity contribution < 1.29 is 14.2 Å². The number of halogens is 1. The minimum absolute atomic E-state index is 0.00349. The Kier molecular flexibility index (Phi) is 4.62. The van der Waals surface area contributed by atoms with Crippen molar-refractivity contribution in [3.8, 4) is 0 Å². The van der Waals surface area contributed by atoms with Crippen LogP contribution in [0.2, 0.25) is 0 Å². The minimum Gasteiger partial charge on any atom is -0.498 e. The number of H-pyrrole nitrogens is 1. The lowest BCUT2D eigenvalue weighted by Gasteiger charge is -2.27. The summed E-state index contributed by atoms with van der Waals surface area (Å²) in [5.74, 6) is -0.315. The molecule has 2 heterocycles. The van der Waals surface area contributed by atoms with E-state index < -0.39 is 23.3 Å². The average molecular weight is 434 g/mol. The van der Waals surface area contributed by atoms with Gasteiger partial charge in [0.25, 0.3) is 5.56 Å². The molecular formula is C21H24FN3O4S. The number of fused-ring (bicyclic) bond motifs is 2. The molecule has 2 aromatic rings. The van der Waals surface area contributed by atoms with E-state index in [1.54, 1.807) is 0 Å². The second-order valence-electron chi connectivity index (χ2n) is 8.38. The molecule has 0 saturated heterocycles. The molecule has 0 aromatic carbocycles. The maximum Gasteiger partial charge on any atom is 0.329 e. The summed E-state index contributed by atoms with van der Waals surface area (Å²) < 4.78 is 22.8. The zero-order chi connectivity index (χ0) is 21.2. The molecule has 0 bridgehead atoms. The topological polar surface area (TPSA) is 110 Å². The van der Waals surface area contributed by atoms with Gasteiger partial charge in [-0.05, 0) is 49.7 Å². The zero-order valence-electron chi connectivity index (χ0n) is 16.6. The Morgan fingerprint density at radius 3 is 2.80 bits per heavy atom. The van der Waals surface area contributed by atoms with Crippen molar-refractivity contribution in [2.24, 2.45) is 11.7 Å². The molecule has 3 atom stereocenters. The molecule has 2 aromatic heterocycles. The largest absolute Gasteiger partial charge is 0.498 e. The fourth-order valence-electron chi connectivity index (χ4n) is 4.77. The summed E-state index contributed by atoms with van der Waals surface area (Å²) in [6.07, 6.45) is 2.51. The zero-order valence-corrected chi connectivity index (χ0v) is 17.4. The van der Waals surface area contributed by atoms with Gasteiger partial charge >= 0.3 is 5.69 Å². The number of alkyl halides is 1. The summed E-state index contributed by atoms with van der Waals surface area (Å²) in [6.45, 7) is 0.139. The quantitative estimate of drug-likeness (QED) is 0.628. The smallest absolute Gasteiger partial charge is 0.329 e. The van der Waals surface area contributed by atoms with E-state index in [0.717, 1.165) is 42.5 Å². The van der Waals surface area contributed by atoms with E-state index in [1.165, 1.54) is 27.9 Å². The fraction of sp³-hybridized carbons (Fsp3) is 0.524. The van der Waals surface area contributed by atoms with E-state index in [9.17, 15) is 14.7 Å². The normalized spacial score (nSPS) is 25.8. The Morgan fingerprint density at radius 2 is 2.13 bits per heavy atom. The third-order valence-corrected chi connectivity index (χ3v) is 7.76. The Morgan fingerprint density at radius 1 is 1.37 bits per heavy atom. The van der Waals surface area contributed by atoms with E-state index in [-0.39, 0.29) is 35.2 Å². The first-order valence-electron chi connectivity index (χ1n) is 10.2. The first kappa shape index (κ1) is 19.6. The number of hydrogen-bond donors (Lipinski definition) is 3. The molecule has 1 saturated carbocycles. The average Bonchev–Trinajstić information content (AvgIpc) is 3.47. The van der Waals surface area contributed by atoms with Crippen molar-refractivity contribution in [3.63, 3.8) is 0 Å². The minimum atomic E-state index is -1.63. The van der Waals surface area contributed by atoms with Crippen molar-refractivity contribution in [3.05, 3.63) is 52.8 Å². The molecule has 3 aliphatic carbocycles. The van der Waals surface area contributed by atoms with Gasteiger partial charge in [0.2, 0.25) is 0 Å². The summed E-state index contributed by atoms with van der Waals surface area (Å²) in [6, 6.07) is 1.93.